The van der Waals surface area contributed by atoms with E-state index in [2.05, 4.69) is 16.3 Å². The molecular formula is C13H15NO2Se. The number of likely N-dealkylation sites (N-methyl/N-ethyl adjacent to an activating group) is 1. The zero-order valence-corrected chi connectivity index (χ0v) is 11.7. The van der Waals surface area contributed by atoms with Gasteiger partial charge in [-0.15, -0.1) is 0 Å². The summed E-state index contributed by atoms with van der Waals surface area (Å²) in [6, 6.07) is 5.92. The third-order valence-electron chi connectivity index (χ3n) is 2.53. The second kappa shape index (κ2) is 5.50. The summed E-state index contributed by atoms with van der Waals surface area (Å²) in [5, 5.41) is 4.40. The first kappa shape index (κ1) is 12.4. The summed E-state index contributed by atoms with van der Waals surface area (Å²) in [4.78, 5) is 13.2. The van der Waals surface area contributed by atoms with E-state index in [1.807, 2.05) is 19.2 Å². The van der Waals surface area contributed by atoms with Gasteiger partial charge < -0.3 is 0 Å². The second-order valence-corrected chi connectivity index (χ2v) is 5.78. The van der Waals surface area contributed by atoms with Crippen molar-refractivity contribution in [3.8, 4) is 5.75 Å². The Morgan fingerprint density at radius 3 is 3.00 bits per heavy atom. The Hall–Kier alpha value is -1.09. The van der Waals surface area contributed by atoms with Crippen LogP contribution in [-0.4, -0.2) is 34.1 Å². The van der Waals surface area contributed by atoms with Crippen LogP contribution in [-0.2, 0) is 11.2 Å². The molecule has 1 N–H and O–H groups in total. The fraction of sp³-hybridized carbons (Fsp3) is 0.308. The molecule has 4 heteroatoms. The first-order chi connectivity index (χ1) is 8.20. The summed E-state index contributed by atoms with van der Waals surface area (Å²) >= 11 is 0.424. The van der Waals surface area contributed by atoms with E-state index in [4.69, 9.17) is 4.74 Å². The predicted molar refractivity (Wildman–Crippen MR) is 69.8 cm³/mol. The summed E-state index contributed by atoms with van der Waals surface area (Å²) < 4.78 is 6.49. The van der Waals surface area contributed by atoms with Crippen LogP contribution in [0.15, 0.2) is 23.1 Å². The van der Waals surface area contributed by atoms with Crippen LogP contribution in [0.5, 0.6) is 5.75 Å². The molecule has 0 bridgehead atoms. The molecule has 0 spiro atoms. The molecule has 2 rings (SSSR count). The Balaban J connectivity index is 2.32. The third kappa shape index (κ3) is 2.97. The average molecular weight is 296 g/mol. The van der Waals surface area contributed by atoms with Crippen LogP contribution in [0.1, 0.15) is 12.5 Å². The fourth-order valence-electron chi connectivity index (χ4n) is 1.74. The Morgan fingerprint density at radius 1 is 1.47 bits per heavy atom. The molecule has 2 aromatic rings. The van der Waals surface area contributed by atoms with E-state index in [-0.39, 0.29) is 5.97 Å². The third-order valence-corrected chi connectivity index (χ3v) is 4.65. The second-order valence-electron chi connectivity index (χ2n) is 3.87. The molecule has 0 radical (unpaired) electrons. The van der Waals surface area contributed by atoms with E-state index in [9.17, 15) is 4.79 Å². The number of carbonyl (C=O) groups is 1. The van der Waals surface area contributed by atoms with E-state index < -0.39 is 0 Å². The van der Waals surface area contributed by atoms with Gasteiger partial charge >= 0.3 is 106 Å². The molecule has 0 saturated heterocycles. The minimum atomic E-state index is -0.269. The number of nitrogens with one attached hydrogen (secondary N) is 1. The number of carbonyl (C=O) groups excluding carboxylic acids is 1. The van der Waals surface area contributed by atoms with Gasteiger partial charge in [0.1, 0.15) is 0 Å². The predicted octanol–water partition coefficient (Wildman–Crippen LogP) is 1.58. The Morgan fingerprint density at radius 2 is 2.29 bits per heavy atom. The summed E-state index contributed by atoms with van der Waals surface area (Å²) in [5.74, 6) is 0.374. The van der Waals surface area contributed by atoms with E-state index in [1.54, 1.807) is 0 Å². The van der Waals surface area contributed by atoms with Gasteiger partial charge in [-0.25, -0.2) is 0 Å². The molecule has 0 atom stereocenters. The maximum absolute atomic E-state index is 10.9. The van der Waals surface area contributed by atoms with Crippen LogP contribution in [0.4, 0.5) is 0 Å². The van der Waals surface area contributed by atoms with E-state index in [1.165, 1.54) is 22.1 Å². The fourth-order valence-corrected chi connectivity index (χ4v) is 3.79. The molecule has 0 aliphatic carbocycles. The first-order valence-corrected chi connectivity index (χ1v) is 7.38. The summed E-state index contributed by atoms with van der Waals surface area (Å²) in [5.41, 5.74) is 1.36. The molecule has 0 aliphatic heterocycles. The van der Waals surface area contributed by atoms with Crippen molar-refractivity contribution in [3.05, 3.63) is 28.7 Å². The molecule has 1 aromatic heterocycles. The Bertz CT molecular complexity index is 533. The number of esters is 1. The molecule has 0 aliphatic rings. The Labute approximate surface area is 107 Å². The van der Waals surface area contributed by atoms with Gasteiger partial charge in [-0.3, -0.25) is 0 Å². The van der Waals surface area contributed by atoms with Gasteiger partial charge in [-0.2, -0.15) is 0 Å². The van der Waals surface area contributed by atoms with Crippen LogP contribution >= 0.6 is 0 Å². The van der Waals surface area contributed by atoms with Crippen LogP contribution < -0.4 is 10.1 Å². The van der Waals surface area contributed by atoms with Crippen LogP contribution in [0, 0.1) is 0 Å². The van der Waals surface area contributed by atoms with E-state index in [0.29, 0.717) is 20.3 Å². The molecule has 0 unspecified atom stereocenters. The number of ether oxygens (including phenoxy) is 1. The quantitative estimate of drug-likeness (QED) is 0.529. The van der Waals surface area contributed by atoms with Gasteiger partial charge in [-0.05, 0) is 0 Å². The standard InChI is InChI=1S/C13H15NO2Se/c1-9(15)16-11-3-4-13-12(7-11)10(8-17-13)5-6-14-2/h3-4,7-8,14H,5-6H2,1-2H3. The first-order valence-electron chi connectivity index (χ1n) is 5.54. The van der Waals surface area contributed by atoms with Gasteiger partial charge in [0.2, 0.25) is 0 Å². The average Bonchev–Trinajstić information content (AvgIpc) is 2.68. The normalized spacial score (nSPS) is 10.7. The number of hydrogen-bond donors (Lipinski definition) is 1. The van der Waals surface area contributed by atoms with Crippen molar-refractivity contribution in [2.75, 3.05) is 13.6 Å². The zero-order valence-electron chi connectivity index (χ0n) is 9.95. The molecule has 90 valence electrons. The van der Waals surface area contributed by atoms with Gasteiger partial charge in [-0.1, -0.05) is 0 Å². The van der Waals surface area contributed by atoms with Gasteiger partial charge in [0.25, 0.3) is 0 Å². The van der Waals surface area contributed by atoms with Gasteiger partial charge in [0, 0.05) is 0 Å². The molecule has 0 fully saturated rings. The van der Waals surface area contributed by atoms with Gasteiger partial charge in [0.05, 0.1) is 0 Å². The van der Waals surface area contributed by atoms with Gasteiger partial charge in [0.15, 0.2) is 0 Å². The van der Waals surface area contributed by atoms with Crippen molar-refractivity contribution >= 4 is 30.1 Å². The molecule has 17 heavy (non-hydrogen) atoms. The topological polar surface area (TPSA) is 38.3 Å². The molecule has 1 aromatic carbocycles. The summed E-state index contributed by atoms with van der Waals surface area (Å²) in [6.45, 7) is 2.40. The van der Waals surface area contributed by atoms with Crippen molar-refractivity contribution in [1.29, 1.82) is 0 Å². The summed E-state index contributed by atoms with van der Waals surface area (Å²) in [7, 11) is 1.96. The van der Waals surface area contributed by atoms with Crippen molar-refractivity contribution in [1.82, 2.24) is 5.32 Å². The number of hydrogen-bond acceptors (Lipinski definition) is 3. The Kier molecular flexibility index (Phi) is 4.00. The van der Waals surface area contributed by atoms with Crippen molar-refractivity contribution in [2.45, 2.75) is 13.3 Å². The zero-order chi connectivity index (χ0) is 12.3. The van der Waals surface area contributed by atoms with Crippen molar-refractivity contribution in [2.24, 2.45) is 0 Å². The number of fused-ring (bicyclic) bond motifs is 1. The molecule has 3 nitrogen and oxygen atoms in total. The summed E-state index contributed by atoms with van der Waals surface area (Å²) in [6.07, 6.45) is 1.02. The molecule has 0 amide bonds. The number of benzene rings is 1. The van der Waals surface area contributed by atoms with Crippen LogP contribution in [0.3, 0.4) is 0 Å². The minimum absolute atomic E-state index is 0.269. The molecule has 1 heterocycles. The van der Waals surface area contributed by atoms with E-state index >= 15 is 0 Å². The molecular weight excluding hydrogens is 281 g/mol. The van der Waals surface area contributed by atoms with Crippen molar-refractivity contribution in [3.63, 3.8) is 0 Å². The monoisotopic (exact) mass is 297 g/mol. The van der Waals surface area contributed by atoms with Crippen molar-refractivity contribution < 1.29 is 9.53 Å². The molecule has 0 saturated carbocycles. The van der Waals surface area contributed by atoms with Crippen LogP contribution in [0.2, 0.25) is 0 Å². The maximum atomic E-state index is 10.9. The van der Waals surface area contributed by atoms with E-state index in [0.717, 1.165) is 13.0 Å². The SMILES string of the molecule is CNCCc1c[se]c2ccc(OC(C)=O)cc12. The number of rotatable bonds is 4. The van der Waals surface area contributed by atoms with Crippen LogP contribution in [0.25, 0.3) is 9.65 Å².